The molecule has 1 aromatic carbocycles. The van der Waals surface area contributed by atoms with E-state index in [1.807, 2.05) is 31.2 Å². The topological polar surface area (TPSA) is 46.2 Å². The first-order valence-corrected chi connectivity index (χ1v) is 8.72. The molecule has 3 rings (SSSR count). The lowest BCUT2D eigenvalue weighted by Crippen LogP contribution is -2.39. The maximum absolute atomic E-state index is 12.2. The molecule has 0 aromatic heterocycles. The van der Waals surface area contributed by atoms with Crippen molar-refractivity contribution in [3.8, 4) is 0 Å². The predicted octanol–water partition coefficient (Wildman–Crippen LogP) is 2.60. The smallest absolute Gasteiger partial charge is 0.212 e. The molecule has 3 atom stereocenters. The average molecular weight is 279 g/mol. The van der Waals surface area contributed by atoms with Gasteiger partial charge in [0.15, 0.2) is 0 Å². The van der Waals surface area contributed by atoms with E-state index >= 15 is 0 Å². The van der Waals surface area contributed by atoms with E-state index in [1.54, 1.807) is 0 Å². The number of fused-ring (bicyclic) bond motifs is 2. The zero-order valence-corrected chi connectivity index (χ0v) is 12.1. The molecule has 0 radical (unpaired) electrons. The minimum atomic E-state index is -3.20. The molecule has 1 N–H and O–H groups in total. The van der Waals surface area contributed by atoms with Crippen LogP contribution in [0.1, 0.15) is 36.8 Å². The predicted molar refractivity (Wildman–Crippen MR) is 76.2 cm³/mol. The highest BCUT2D eigenvalue weighted by Gasteiger charge is 2.40. The van der Waals surface area contributed by atoms with Gasteiger partial charge in [0.2, 0.25) is 10.0 Å². The second-order valence-corrected chi connectivity index (χ2v) is 7.90. The number of benzene rings is 1. The van der Waals surface area contributed by atoms with Crippen LogP contribution in [0, 0.1) is 18.8 Å². The van der Waals surface area contributed by atoms with Crippen LogP contribution in [0.2, 0.25) is 0 Å². The van der Waals surface area contributed by atoms with Crippen molar-refractivity contribution < 1.29 is 8.42 Å². The molecule has 2 bridgehead atoms. The Morgan fingerprint density at radius 1 is 1.16 bits per heavy atom. The van der Waals surface area contributed by atoms with Crippen molar-refractivity contribution in [2.45, 2.75) is 44.4 Å². The minimum Gasteiger partial charge on any atom is -0.212 e. The molecule has 19 heavy (non-hydrogen) atoms. The summed E-state index contributed by atoms with van der Waals surface area (Å²) in [4.78, 5) is 0. The maximum atomic E-state index is 12.2. The summed E-state index contributed by atoms with van der Waals surface area (Å²) < 4.78 is 27.3. The fraction of sp³-hybridized carbons (Fsp3) is 0.600. The highest BCUT2D eigenvalue weighted by atomic mass is 32.2. The van der Waals surface area contributed by atoms with Crippen LogP contribution in [0.3, 0.4) is 0 Å². The van der Waals surface area contributed by atoms with Gasteiger partial charge in [-0.25, -0.2) is 13.1 Å². The van der Waals surface area contributed by atoms with Crippen molar-refractivity contribution in [3.63, 3.8) is 0 Å². The lowest BCUT2D eigenvalue weighted by molar-refractivity contribution is 0.390. The first kappa shape index (κ1) is 13.1. The van der Waals surface area contributed by atoms with Crippen molar-refractivity contribution in [1.82, 2.24) is 4.72 Å². The van der Waals surface area contributed by atoms with Gasteiger partial charge < -0.3 is 0 Å². The van der Waals surface area contributed by atoms with Gasteiger partial charge in [0.1, 0.15) is 0 Å². The highest BCUT2D eigenvalue weighted by Crippen LogP contribution is 2.44. The number of aryl methyl sites for hydroxylation is 1. The molecular formula is C15H21NO2S. The van der Waals surface area contributed by atoms with Crippen molar-refractivity contribution in [3.05, 3.63) is 35.4 Å². The van der Waals surface area contributed by atoms with Crippen molar-refractivity contribution >= 4 is 10.0 Å². The van der Waals surface area contributed by atoms with E-state index in [1.165, 1.54) is 19.3 Å². The van der Waals surface area contributed by atoms with E-state index in [4.69, 9.17) is 0 Å². The quantitative estimate of drug-likeness (QED) is 0.921. The van der Waals surface area contributed by atoms with Crippen LogP contribution in [0.5, 0.6) is 0 Å². The number of nitrogens with one attached hydrogen (secondary N) is 1. The van der Waals surface area contributed by atoms with Gasteiger partial charge in [0.05, 0.1) is 5.75 Å². The summed E-state index contributed by atoms with van der Waals surface area (Å²) in [7, 11) is -3.20. The molecule has 4 heteroatoms. The fourth-order valence-corrected chi connectivity index (χ4v) is 5.03. The van der Waals surface area contributed by atoms with Gasteiger partial charge in [-0.2, -0.15) is 0 Å². The van der Waals surface area contributed by atoms with Gasteiger partial charge in [-0.15, -0.1) is 0 Å². The van der Waals surface area contributed by atoms with Gasteiger partial charge in [-0.3, -0.25) is 0 Å². The van der Waals surface area contributed by atoms with E-state index < -0.39 is 10.0 Å². The van der Waals surface area contributed by atoms with Crippen molar-refractivity contribution in [2.24, 2.45) is 11.8 Å². The molecule has 1 aromatic rings. The zero-order chi connectivity index (χ0) is 13.5. The van der Waals surface area contributed by atoms with Gasteiger partial charge in [-0.1, -0.05) is 36.2 Å². The standard InChI is InChI=1S/C15H21NO2S/c1-11-2-4-12(5-3-11)10-19(17,18)16-15-9-13-6-7-14(15)8-13/h2-5,13-16H,6-10H2,1H3/t13-,14+,15+/m0/s1. The molecule has 2 saturated carbocycles. The third kappa shape index (κ3) is 3.00. The van der Waals surface area contributed by atoms with Crippen molar-refractivity contribution in [1.29, 1.82) is 0 Å². The number of sulfonamides is 1. The van der Waals surface area contributed by atoms with Gasteiger partial charge in [-0.05, 0) is 43.6 Å². The van der Waals surface area contributed by atoms with Gasteiger partial charge >= 0.3 is 0 Å². The maximum Gasteiger partial charge on any atom is 0.216 e. The van der Waals surface area contributed by atoms with E-state index in [2.05, 4.69) is 4.72 Å². The van der Waals surface area contributed by atoms with Gasteiger partial charge in [0.25, 0.3) is 0 Å². The number of hydrogen-bond acceptors (Lipinski definition) is 2. The molecule has 0 amide bonds. The molecule has 0 spiro atoms. The van der Waals surface area contributed by atoms with Gasteiger partial charge in [0, 0.05) is 6.04 Å². The third-order valence-electron chi connectivity index (χ3n) is 4.55. The second kappa shape index (κ2) is 4.91. The average Bonchev–Trinajstić information content (AvgIpc) is 2.93. The summed E-state index contributed by atoms with van der Waals surface area (Å²) >= 11 is 0. The van der Waals surface area contributed by atoms with Crippen LogP contribution in [-0.2, 0) is 15.8 Å². The van der Waals surface area contributed by atoms with Crippen LogP contribution in [0.15, 0.2) is 24.3 Å². The van der Waals surface area contributed by atoms with Crippen LogP contribution in [0.4, 0.5) is 0 Å². The molecule has 0 aliphatic heterocycles. The summed E-state index contributed by atoms with van der Waals surface area (Å²) in [5.74, 6) is 1.44. The molecule has 0 heterocycles. The van der Waals surface area contributed by atoms with E-state index in [0.717, 1.165) is 23.5 Å². The molecule has 2 fully saturated rings. The summed E-state index contributed by atoms with van der Waals surface area (Å²) in [6, 6.07) is 7.91. The number of hydrogen-bond donors (Lipinski definition) is 1. The molecule has 104 valence electrons. The Morgan fingerprint density at radius 2 is 1.89 bits per heavy atom. The summed E-state index contributed by atoms with van der Waals surface area (Å²) in [5.41, 5.74) is 2.02. The molecule has 0 unspecified atom stereocenters. The molecular weight excluding hydrogens is 258 g/mol. The van der Waals surface area contributed by atoms with Crippen LogP contribution < -0.4 is 4.72 Å². The van der Waals surface area contributed by atoms with E-state index in [9.17, 15) is 8.42 Å². The summed E-state index contributed by atoms with van der Waals surface area (Å²) in [6.45, 7) is 2.01. The normalized spacial score (nSPS) is 29.8. The first-order valence-electron chi connectivity index (χ1n) is 7.07. The zero-order valence-electron chi connectivity index (χ0n) is 11.3. The SMILES string of the molecule is Cc1ccc(CS(=O)(=O)N[C@@H]2C[C@H]3CC[C@@H]2C3)cc1. The van der Waals surface area contributed by atoms with E-state index in [-0.39, 0.29) is 11.8 Å². The largest absolute Gasteiger partial charge is 0.216 e. The molecule has 2 aliphatic carbocycles. The van der Waals surface area contributed by atoms with Crippen LogP contribution >= 0.6 is 0 Å². The Kier molecular flexibility index (Phi) is 3.39. The number of rotatable bonds is 4. The van der Waals surface area contributed by atoms with Crippen molar-refractivity contribution in [2.75, 3.05) is 0 Å². The Morgan fingerprint density at radius 3 is 2.47 bits per heavy atom. The lowest BCUT2D eigenvalue weighted by Gasteiger charge is -2.22. The lowest BCUT2D eigenvalue weighted by atomic mass is 9.96. The monoisotopic (exact) mass is 279 g/mol. The molecule has 3 nitrogen and oxygen atoms in total. The minimum absolute atomic E-state index is 0.0984. The Hall–Kier alpha value is -0.870. The summed E-state index contributed by atoms with van der Waals surface area (Å²) in [5, 5.41) is 0. The second-order valence-electron chi connectivity index (χ2n) is 6.14. The highest BCUT2D eigenvalue weighted by molar-refractivity contribution is 7.88. The molecule has 2 aliphatic rings. The first-order chi connectivity index (χ1) is 9.02. The fourth-order valence-electron chi connectivity index (χ4n) is 3.57. The Labute approximate surface area is 115 Å². The third-order valence-corrected chi connectivity index (χ3v) is 5.92. The van der Waals surface area contributed by atoms with E-state index in [0.29, 0.717) is 5.92 Å². The Bertz CT molecular complexity index is 550. The van der Waals surface area contributed by atoms with Crippen LogP contribution in [-0.4, -0.2) is 14.5 Å². The van der Waals surface area contributed by atoms with Crippen LogP contribution in [0.25, 0.3) is 0 Å². The Balaban J connectivity index is 1.64. The summed E-state index contributed by atoms with van der Waals surface area (Å²) in [6.07, 6.45) is 4.75. The molecule has 0 saturated heterocycles.